The van der Waals surface area contributed by atoms with Crippen molar-refractivity contribution in [1.29, 1.82) is 5.26 Å². The van der Waals surface area contributed by atoms with Gasteiger partial charge < -0.3 is 14.8 Å². The zero-order valence-electron chi connectivity index (χ0n) is 18.1. The summed E-state index contributed by atoms with van der Waals surface area (Å²) in [4.78, 5) is 23.0. The number of carbonyl (C=O) groups is 1. The van der Waals surface area contributed by atoms with Crippen LogP contribution in [0.4, 0.5) is 11.4 Å². The Morgan fingerprint density at radius 3 is 2.43 bits per heavy atom. The van der Waals surface area contributed by atoms with Gasteiger partial charge in [0.1, 0.15) is 18.2 Å². The van der Waals surface area contributed by atoms with E-state index in [9.17, 15) is 20.2 Å². The molecule has 3 aromatic carbocycles. The van der Waals surface area contributed by atoms with Crippen molar-refractivity contribution < 1.29 is 19.2 Å². The van der Waals surface area contributed by atoms with Crippen molar-refractivity contribution in [2.24, 2.45) is 0 Å². The second kappa shape index (κ2) is 11.6. The number of hydrogen-bond donors (Lipinski definition) is 1. The number of benzene rings is 3. The molecular weight excluding hydrogens is 517 g/mol. The molecule has 11 heteroatoms. The summed E-state index contributed by atoms with van der Waals surface area (Å²) >= 11 is 18.4. The van der Waals surface area contributed by atoms with Crippen molar-refractivity contribution in [3.8, 4) is 17.6 Å². The fourth-order valence-electron chi connectivity index (χ4n) is 2.94. The Morgan fingerprint density at radius 2 is 1.80 bits per heavy atom. The highest BCUT2D eigenvalue weighted by Crippen LogP contribution is 2.32. The number of rotatable bonds is 8. The summed E-state index contributed by atoms with van der Waals surface area (Å²) in [6.45, 7) is 0.0545. The number of nitro benzene ring substituents is 1. The number of halogens is 3. The Morgan fingerprint density at radius 1 is 1.09 bits per heavy atom. The van der Waals surface area contributed by atoms with Crippen molar-refractivity contribution in [2.45, 2.75) is 6.61 Å². The largest absolute Gasteiger partial charge is 0.493 e. The van der Waals surface area contributed by atoms with Crippen LogP contribution in [0.2, 0.25) is 15.1 Å². The van der Waals surface area contributed by atoms with E-state index >= 15 is 0 Å². The van der Waals surface area contributed by atoms with Crippen molar-refractivity contribution in [1.82, 2.24) is 0 Å². The van der Waals surface area contributed by atoms with Gasteiger partial charge >= 0.3 is 0 Å². The van der Waals surface area contributed by atoms with E-state index in [0.717, 1.165) is 6.07 Å². The number of anilines is 1. The van der Waals surface area contributed by atoms with Gasteiger partial charge in [-0.2, -0.15) is 5.26 Å². The maximum atomic E-state index is 12.7. The molecule has 178 valence electrons. The zero-order valence-corrected chi connectivity index (χ0v) is 20.3. The first-order valence-electron chi connectivity index (χ1n) is 9.84. The number of amides is 1. The number of nitriles is 1. The molecule has 0 unspecified atom stereocenters. The molecule has 35 heavy (non-hydrogen) atoms. The van der Waals surface area contributed by atoms with Crippen LogP contribution in [0.5, 0.6) is 11.5 Å². The van der Waals surface area contributed by atoms with Gasteiger partial charge in [-0.1, -0.05) is 46.9 Å². The highest BCUT2D eigenvalue weighted by molar-refractivity contribution is 6.36. The summed E-state index contributed by atoms with van der Waals surface area (Å²) in [6, 6.07) is 15.3. The molecule has 0 fully saturated rings. The molecular formula is C24H16Cl3N3O5. The van der Waals surface area contributed by atoms with Crippen LogP contribution in [-0.4, -0.2) is 17.9 Å². The lowest BCUT2D eigenvalue weighted by Crippen LogP contribution is -2.14. The van der Waals surface area contributed by atoms with Crippen molar-refractivity contribution in [3.63, 3.8) is 0 Å². The molecule has 1 N–H and O–H groups in total. The molecule has 0 radical (unpaired) electrons. The molecule has 0 saturated carbocycles. The minimum atomic E-state index is -0.795. The Balaban J connectivity index is 1.85. The average molecular weight is 533 g/mol. The number of hydrogen-bond acceptors (Lipinski definition) is 6. The van der Waals surface area contributed by atoms with Crippen LogP contribution in [0.1, 0.15) is 11.1 Å². The van der Waals surface area contributed by atoms with Gasteiger partial charge in [-0.3, -0.25) is 14.9 Å². The molecule has 0 spiro atoms. The van der Waals surface area contributed by atoms with Gasteiger partial charge in [0.15, 0.2) is 11.5 Å². The highest BCUT2D eigenvalue weighted by atomic mass is 35.5. The fourth-order valence-corrected chi connectivity index (χ4v) is 3.61. The molecule has 0 heterocycles. The van der Waals surface area contributed by atoms with E-state index < -0.39 is 10.8 Å². The third-order valence-electron chi connectivity index (χ3n) is 4.71. The normalized spacial score (nSPS) is 10.9. The summed E-state index contributed by atoms with van der Waals surface area (Å²) < 4.78 is 11.2. The van der Waals surface area contributed by atoms with Gasteiger partial charge in [0.2, 0.25) is 0 Å². The molecule has 1 amide bonds. The summed E-state index contributed by atoms with van der Waals surface area (Å²) in [5, 5.41) is 23.9. The number of carbonyl (C=O) groups excluding carboxylic acids is 1. The second-order valence-electron chi connectivity index (χ2n) is 6.94. The topological polar surface area (TPSA) is 114 Å². The van der Waals surface area contributed by atoms with Crippen molar-refractivity contribution in [3.05, 3.63) is 96.5 Å². The molecule has 0 atom stereocenters. The molecule has 8 nitrogen and oxygen atoms in total. The second-order valence-corrected chi connectivity index (χ2v) is 8.17. The van der Waals surface area contributed by atoms with E-state index in [-0.39, 0.29) is 28.6 Å². The van der Waals surface area contributed by atoms with E-state index in [0.29, 0.717) is 32.7 Å². The molecule has 0 aliphatic rings. The quantitative estimate of drug-likeness (QED) is 0.150. The third-order valence-corrected chi connectivity index (χ3v) is 5.74. The molecule has 0 aliphatic carbocycles. The predicted molar refractivity (Wildman–Crippen MR) is 134 cm³/mol. The van der Waals surface area contributed by atoms with E-state index in [1.165, 1.54) is 25.3 Å². The van der Waals surface area contributed by atoms with Gasteiger partial charge in [0.05, 0.1) is 22.7 Å². The molecule has 0 aliphatic heterocycles. The Bertz CT molecular complexity index is 1350. The van der Waals surface area contributed by atoms with E-state index in [1.807, 2.05) is 6.07 Å². The van der Waals surface area contributed by atoms with Gasteiger partial charge in [-0.15, -0.1) is 0 Å². The number of non-ortho nitro benzene ring substituents is 1. The van der Waals surface area contributed by atoms with Crippen molar-refractivity contribution >= 4 is 58.2 Å². The maximum absolute atomic E-state index is 12.7. The Hall–Kier alpha value is -3.77. The highest BCUT2D eigenvalue weighted by Gasteiger charge is 2.16. The zero-order chi connectivity index (χ0) is 25.5. The molecule has 3 rings (SSSR count). The lowest BCUT2D eigenvalue weighted by Gasteiger charge is -2.13. The van der Waals surface area contributed by atoms with Gasteiger partial charge in [0, 0.05) is 27.7 Å². The Labute approximate surface area is 215 Å². The average Bonchev–Trinajstić information content (AvgIpc) is 2.83. The number of nitro groups is 1. The summed E-state index contributed by atoms with van der Waals surface area (Å²) in [7, 11) is 1.47. The monoisotopic (exact) mass is 531 g/mol. The van der Waals surface area contributed by atoms with E-state index in [1.54, 1.807) is 36.4 Å². The smallest absolute Gasteiger partial charge is 0.271 e. The van der Waals surface area contributed by atoms with Crippen LogP contribution in [-0.2, 0) is 11.4 Å². The van der Waals surface area contributed by atoms with Crippen LogP contribution >= 0.6 is 34.8 Å². The summed E-state index contributed by atoms with van der Waals surface area (Å²) in [5.74, 6) is -0.0515. The van der Waals surface area contributed by atoms with E-state index in [2.05, 4.69) is 5.32 Å². The first kappa shape index (κ1) is 25.8. The fraction of sp³-hybridized carbons (Fsp3) is 0.0833. The lowest BCUT2D eigenvalue weighted by molar-refractivity contribution is -0.384. The summed E-state index contributed by atoms with van der Waals surface area (Å²) in [6.07, 6.45) is 1.33. The van der Waals surface area contributed by atoms with Gasteiger partial charge in [-0.05, 0) is 42.0 Å². The Kier molecular flexibility index (Phi) is 8.55. The summed E-state index contributed by atoms with van der Waals surface area (Å²) in [5.41, 5.74) is 0.524. The molecule has 3 aromatic rings. The maximum Gasteiger partial charge on any atom is 0.271 e. The SMILES string of the molecule is COc1ccc(/C=C(\C#N)C(=O)Nc2cc([N+](=O)[O-])ccc2Cl)cc1OCc1c(Cl)cccc1Cl. The van der Waals surface area contributed by atoms with Crippen LogP contribution in [0.15, 0.2) is 60.2 Å². The van der Waals surface area contributed by atoms with Crippen LogP contribution in [0.25, 0.3) is 6.08 Å². The van der Waals surface area contributed by atoms with Gasteiger partial charge in [-0.25, -0.2) is 0 Å². The van der Waals surface area contributed by atoms with E-state index in [4.69, 9.17) is 44.3 Å². The first-order valence-corrected chi connectivity index (χ1v) is 11.0. The van der Waals surface area contributed by atoms with Crippen LogP contribution in [0.3, 0.4) is 0 Å². The minimum Gasteiger partial charge on any atom is -0.493 e. The lowest BCUT2D eigenvalue weighted by atomic mass is 10.1. The molecule has 0 bridgehead atoms. The first-order chi connectivity index (χ1) is 16.7. The number of methoxy groups -OCH3 is 1. The minimum absolute atomic E-state index is 0.00221. The van der Waals surface area contributed by atoms with Crippen LogP contribution in [0, 0.1) is 21.4 Å². The van der Waals surface area contributed by atoms with Crippen LogP contribution < -0.4 is 14.8 Å². The molecule has 0 aromatic heterocycles. The predicted octanol–water partition coefficient (Wildman–Crippen LogP) is 6.69. The van der Waals surface area contributed by atoms with Gasteiger partial charge in [0.25, 0.3) is 11.6 Å². The van der Waals surface area contributed by atoms with Crippen molar-refractivity contribution in [2.75, 3.05) is 12.4 Å². The standard InChI is InChI=1S/C24H16Cl3N3O5/c1-34-22-8-5-14(10-23(22)35-13-17-18(25)3-2-4-19(17)26)9-15(12-28)24(31)29-21-11-16(30(32)33)6-7-20(21)27/h2-11H,13H2,1H3,(H,29,31)/b15-9+. The number of nitrogens with one attached hydrogen (secondary N) is 1. The number of nitrogens with zero attached hydrogens (tertiary/aromatic N) is 2. The third kappa shape index (κ3) is 6.43. The molecule has 0 saturated heterocycles. The number of ether oxygens (including phenoxy) is 2.